The molecule has 0 aliphatic carbocycles. The number of Topliss-reactive ketones (excluding diaryl/α,β-unsaturated/α-hetero) is 1. The van der Waals surface area contributed by atoms with Crippen LogP contribution in [0.25, 0.3) is 0 Å². The summed E-state index contributed by atoms with van der Waals surface area (Å²) in [6.45, 7) is 1.46. The second-order valence-electron chi connectivity index (χ2n) is 2.75. The molecule has 0 spiro atoms. The van der Waals surface area contributed by atoms with Crippen LogP contribution in [0.4, 0.5) is 4.39 Å². The van der Waals surface area contributed by atoms with Gasteiger partial charge in [-0.25, -0.2) is 4.39 Å². The molecule has 13 heavy (non-hydrogen) atoms. The Labute approximate surface area is 89.0 Å². The van der Waals surface area contributed by atoms with Crippen LogP contribution in [0.2, 0.25) is 5.02 Å². The van der Waals surface area contributed by atoms with Gasteiger partial charge in [-0.15, -0.1) is 0 Å². The Hall–Kier alpha value is -0.410. The van der Waals surface area contributed by atoms with Gasteiger partial charge >= 0.3 is 0 Å². The van der Waals surface area contributed by atoms with Crippen molar-refractivity contribution in [2.24, 2.45) is 0 Å². The van der Waals surface area contributed by atoms with E-state index in [4.69, 9.17) is 11.6 Å². The molecule has 0 aromatic heterocycles. The topological polar surface area (TPSA) is 17.1 Å². The van der Waals surface area contributed by atoms with Crippen molar-refractivity contribution >= 4 is 33.3 Å². The van der Waals surface area contributed by atoms with Crippen molar-refractivity contribution in [1.29, 1.82) is 0 Å². The Morgan fingerprint density at radius 1 is 1.62 bits per heavy atom. The first kappa shape index (κ1) is 10.7. The Morgan fingerprint density at radius 3 is 2.69 bits per heavy atom. The summed E-state index contributed by atoms with van der Waals surface area (Å²) in [6, 6.07) is 2.92. The number of hydrogen-bond donors (Lipinski definition) is 0. The molecule has 0 unspecified atom stereocenters. The lowest BCUT2D eigenvalue weighted by Crippen LogP contribution is -1.97. The summed E-state index contributed by atoms with van der Waals surface area (Å²) in [5.41, 5.74) is 0.626. The van der Waals surface area contributed by atoms with E-state index < -0.39 is 5.82 Å². The van der Waals surface area contributed by atoms with Crippen molar-refractivity contribution < 1.29 is 9.18 Å². The van der Waals surface area contributed by atoms with Gasteiger partial charge in [-0.3, -0.25) is 4.79 Å². The van der Waals surface area contributed by atoms with Crippen LogP contribution in [0.15, 0.2) is 16.6 Å². The zero-order valence-corrected chi connectivity index (χ0v) is 9.25. The average Bonchev–Trinajstić information content (AvgIpc) is 1.98. The van der Waals surface area contributed by atoms with Crippen LogP contribution in [0.3, 0.4) is 0 Å². The summed E-state index contributed by atoms with van der Waals surface area (Å²) < 4.78 is 13.5. The van der Waals surface area contributed by atoms with Crippen LogP contribution in [0.1, 0.15) is 12.5 Å². The summed E-state index contributed by atoms with van der Waals surface area (Å²) in [6.07, 6.45) is 0.229. The third-order valence-corrected chi connectivity index (χ3v) is 2.73. The maximum atomic E-state index is 13.0. The Balaban J connectivity index is 3.06. The molecular weight excluding hydrogens is 258 g/mol. The van der Waals surface area contributed by atoms with Gasteiger partial charge < -0.3 is 0 Å². The molecule has 0 N–H and O–H groups in total. The van der Waals surface area contributed by atoms with Gasteiger partial charge in [0, 0.05) is 10.9 Å². The van der Waals surface area contributed by atoms with E-state index in [2.05, 4.69) is 15.9 Å². The van der Waals surface area contributed by atoms with Crippen molar-refractivity contribution in [2.75, 3.05) is 0 Å². The summed E-state index contributed by atoms with van der Waals surface area (Å²) in [7, 11) is 0. The van der Waals surface area contributed by atoms with Crippen molar-refractivity contribution in [2.45, 2.75) is 13.3 Å². The number of benzene rings is 1. The molecule has 1 rings (SSSR count). The molecule has 0 radical (unpaired) electrons. The number of carbonyl (C=O) groups excluding carboxylic acids is 1. The fraction of sp³-hybridized carbons (Fsp3) is 0.222. The van der Waals surface area contributed by atoms with Crippen LogP contribution < -0.4 is 0 Å². The van der Waals surface area contributed by atoms with E-state index in [-0.39, 0.29) is 17.2 Å². The number of ketones is 1. The lowest BCUT2D eigenvalue weighted by atomic mass is 10.1. The Kier molecular flexibility index (Phi) is 3.45. The van der Waals surface area contributed by atoms with E-state index in [0.29, 0.717) is 10.0 Å². The highest BCUT2D eigenvalue weighted by Gasteiger charge is 2.07. The van der Waals surface area contributed by atoms with Crippen molar-refractivity contribution in [3.63, 3.8) is 0 Å². The molecule has 1 aromatic carbocycles. The van der Waals surface area contributed by atoms with Crippen LogP contribution in [0, 0.1) is 5.82 Å². The first-order valence-electron chi connectivity index (χ1n) is 3.63. The molecule has 0 saturated carbocycles. The molecule has 0 amide bonds. The van der Waals surface area contributed by atoms with E-state index in [9.17, 15) is 9.18 Å². The van der Waals surface area contributed by atoms with Crippen LogP contribution in [-0.2, 0) is 11.2 Å². The summed E-state index contributed by atoms with van der Waals surface area (Å²) in [4.78, 5) is 10.7. The number of rotatable bonds is 2. The molecule has 0 heterocycles. The predicted octanol–water partition coefficient (Wildman–Crippen LogP) is 3.37. The van der Waals surface area contributed by atoms with E-state index in [1.54, 1.807) is 6.07 Å². The van der Waals surface area contributed by atoms with Crippen LogP contribution in [0.5, 0.6) is 0 Å². The fourth-order valence-corrected chi connectivity index (χ4v) is 1.59. The third-order valence-electron chi connectivity index (χ3n) is 1.50. The largest absolute Gasteiger partial charge is 0.300 e. The van der Waals surface area contributed by atoms with Gasteiger partial charge in [0.1, 0.15) is 11.6 Å². The lowest BCUT2D eigenvalue weighted by molar-refractivity contribution is -0.116. The van der Waals surface area contributed by atoms with Crippen molar-refractivity contribution in [1.82, 2.24) is 0 Å². The molecule has 0 saturated heterocycles. The van der Waals surface area contributed by atoms with E-state index >= 15 is 0 Å². The maximum absolute atomic E-state index is 13.0. The number of carbonyl (C=O) groups is 1. The minimum Gasteiger partial charge on any atom is -0.300 e. The molecular formula is C9H7BrClFO. The van der Waals surface area contributed by atoms with Crippen LogP contribution >= 0.6 is 27.5 Å². The van der Waals surface area contributed by atoms with Gasteiger partial charge in [0.2, 0.25) is 0 Å². The summed E-state index contributed by atoms with van der Waals surface area (Å²) in [5, 5.41) is 0.0484. The molecule has 0 bridgehead atoms. The van der Waals surface area contributed by atoms with E-state index in [1.807, 2.05) is 0 Å². The quantitative estimate of drug-likeness (QED) is 0.749. The fourth-order valence-electron chi connectivity index (χ4n) is 0.998. The Bertz CT molecular complexity index is 328. The van der Waals surface area contributed by atoms with Gasteiger partial charge in [-0.05, 0) is 40.5 Å². The number of halogens is 3. The maximum Gasteiger partial charge on any atom is 0.143 e. The standard InChI is InChI=1S/C9H7BrClFO/c1-5(13)2-6-3-7(10)9(11)8(12)4-6/h3-4H,2H2,1H3. The molecule has 0 aliphatic rings. The highest BCUT2D eigenvalue weighted by Crippen LogP contribution is 2.26. The highest BCUT2D eigenvalue weighted by atomic mass is 79.9. The first-order valence-corrected chi connectivity index (χ1v) is 4.80. The first-order chi connectivity index (χ1) is 6.00. The second kappa shape index (κ2) is 4.20. The molecule has 1 nitrogen and oxygen atoms in total. The van der Waals surface area contributed by atoms with E-state index in [0.717, 1.165) is 0 Å². The predicted molar refractivity (Wildman–Crippen MR) is 53.5 cm³/mol. The minimum absolute atomic E-state index is 0.00591. The molecule has 0 aliphatic heterocycles. The molecule has 0 atom stereocenters. The highest BCUT2D eigenvalue weighted by molar-refractivity contribution is 9.10. The summed E-state index contributed by atoms with van der Waals surface area (Å²) in [5.74, 6) is -0.513. The second-order valence-corrected chi connectivity index (χ2v) is 3.98. The van der Waals surface area contributed by atoms with Gasteiger partial charge in [0.15, 0.2) is 0 Å². The Morgan fingerprint density at radius 2 is 2.23 bits per heavy atom. The van der Waals surface area contributed by atoms with Gasteiger partial charge in [-0.1, -0.05) is 11.6 Å². The zero-order valence-electron chi connectivity index (χ0n) is 6.90. The number of hydrogen-bond acceptors (Lipinski definition) is 1. The third kappa shape index (κ3) is 2.78. The van der Waals surface area contributed by atoms with Gasteiger partial charge in [-0.2, -0.15) is 0 Å². The average molecular weight is 266 g/mol. The molecule has 70 valence electrons. The SMILES string of the molecule is CC(=O)Cc1cc(F)c(Cl)c(Br)c1. The normalized spacial score (nSPS) is 10.2. The minimum atomic E-state index is -0.507. The summed E-state index contributed by atoms with van der Waals surface area (Å²) >= 11 is 8.68. The lowest BCUT2D eigenvalue weighted by Gasteiger charge is -2.02. The van der Waals surface area contributed by atoms with Crippen LogP contribution in [-0.4, -0.2) is 5.78 Å². The monoisotopic (exact) mass is 264 g/mol. The smallest absolute Gasteiger partial charge is 0.143 e. The van der Waals surface area contributed by atoms with Gasteiger partial charge in [0.25, 0.3) is 0 Å². The van der Waals surface area contributed by atoms with E-state index in [1.165, 1.54) is 13.0 Å². The molecule has 4 heteroatoms. The zero-order chi connectivity index (χ0) is 10.0. The van der Waals surface area contributed by atoms with Crippen molar-refractivity contribution in [3.05, 3.63) is 33.0 Å². The van der Waals surface area contributed by atoms with Crippen molar-refractivity contribution in [3.8, 4) is 0 Å². The van der Waals surface area contributed by atoms with Gasteiger partial charge in [0.05, 0.1) is 5.02 Å². The molecule has 0 fully saturated rings. The molecule has 1 aromatic rings.